The van der Waals surface area contributed by atoms with E-state index in [1.54, 1.807) is 11.3 Å². The second-order valence-corrected chi connectivity index (χ2v) is 9.58. The Labute approximate surface area is 184 Å². The largest absolute Gasteiger partial charge is 0.488 e. The number of nitrogens with zero attached hydrogens (tertiary/aromatic N) is 2. The Bertz CT molecular complexity index is 851. The van der Waals surface area contributed by atoms with Crippen LogP contribution in [0.4, 0.5) is 0 Å². The van der Waals surface area contributed by atoms with Crippen LogP contribution in [0.1, 0.15) is 55.9 Å². The van der Waals surface area contributed by atoms with Crippen LogP contribution in [0, 0.1) is 6.92 Å². The first-order chi connectivity index (χ1) is 14.3. The fourth-order valence-electron chi connectivity index (χ4n) is 3.09. The topological polar surface area (TPSA) is 67.8 Å². The number of rotatable bonds is 7. The van der Waals surface area contributed by atoms with Gasteiger partial charge in [-0.15, -0.1) is 11.3 Å². The summed E-state index contributed by atoms with van der Waals surface area (Å²) in [6.07, 6.45) is 1.06. The van der Waals surface area contributed by atoms with Gasteiger partial charge in [0.25, 0.3) is 0 Å². The van der Waals surface area contributed by atoms with E-state index in [2.05, 4.69) is 68.8 Å². The van der Waals surface area contributed by atoms with E-state index in [9.17, 15) is 0 Å². The highest BCUT2D eigenvalue weighted by molar-refractivity contribution is 7.09. The van der Waals surface area contributed by atoms with E-state index in [1.807, 2.05) is 0 Å². The van der Waals surface area contributed by atoms with Crippen molar-refractivity contribution in [1.82, 2.24) is 15.6 Å². The van der Waals surface area contributed by atoms with E-state index in [1.165, 1.54) is 5.56 Å². The Morgan fingerprint density at radius 2 is 2.17 bits per heavy atom. The minimum atomic E-state index is 0.0690. The molecule has 2 aromatic rings. The van der Waals surface area contributed by atoms with Crippen molar-refractivity contribution in [3.8, 4) is 5.75 Å². The summed E-state index contributed by atoms with van der Waals surface area (Å²) >= 11 is 1.68. The van der Waals surface area contributed by atoms with Crippen LogP contribution in [0.3, 0.4) is 0 Å². The van der Waals surface area contributed by atoms with Crippen molar-refractivity contribution < 1.29 is 9.47 Å². The van der Waals surface area contributed by atoms with E-state index in [0.717, 1.165) is 47.5 Å². The number of aromatic nitrogens is 1. The number of benzene rings is 1. The standard InChI is InChI=1S/C23H34N4O2S/c1-6-24-22(26-13-21-27-20(15-30-21)23(3,4)5)25-12-17-8-7-16(2)11-19(17)29-18-9-10-28-14-18/h7-8,11,15,18H,6,9-10,12-14H2,1-5H3,(H2,24,25,26). The molecular weight excluding hydrogens is 396 g/mol. The molecule has 1 saturated heterocycles. The SMILES string of the molecule is CCNC(=NCc1ccc(C)cc1OC1CCOC1)NCc1nc(C(C)(C)C)cs1. The van der Waals surface area contributed by atoms with E-state index < -0.39 is 0 Å². The zero-order valence-electron chi connectivity index (χ0n) is 18.7. The molecule has 2 heterocycles. The lowest BCUT2D eigenvalue weighted by atomic mass is 9.93. The van der Waals surface area contributed by atoms with E-state index >= 15 is 0 Å². The molecule has 1 unspecified atom stereocenters. The van der Waals surface area contributed by atoms with Crippen LogP contribution in [-0.2, 0) is 23.2 Å². The van der Waals surface area contributed by atoms with Gasteiger partial charge in [-0.2, -0.15) is 0 Å². The van der Waals surface area contributed by atoms with Crippen molar-refractivity contribution in [3.63, 3.8) is 0 Å². The van der Waals surface area contributed by atoms with Crippen LogP contribution in [0.15, 0.2) is 28.6 Å². The number of hydrogen-bond acceptors (Lipinski definition) is 5. The molecule has 0 aliphatic carbocycles. The number of aryl methyl sites for hydroxylation is 1. The van der Waals surface area contributed by atoms with E-state index in [0.29, 0.717) is 19.7 Å². The number of ether oxygens (including phenoxy) is 2. The molecule has 1 aliphatic heterocycles. The molecule has 1 aliphatic rings. The van der Waals surface area contributed by atoms with Crippen LogP contribution in [0.25, 0.3) is 0 Å². The van der Waals surface area contributed by atoms with Gasteiger partial charge < -0.3 is 20.1 Å². The van der Waals surface area contributed by atoms with Crippen LogP contribution in [-0.4, -0.2) is 36.8 Å². The molecule has 1 atom stereocenters. The highest BCUT2D eigenvalue weighted by Gasteiger charge is 2.19. The maximum absolute atomic E-state index is 6.20. The van der Waals surface area contributed by atoms with Gasteiger partial charge in [0, 0.05) is 29.3 Å². The van der Waals surface area contributed by atoms with Gasteiger partial charge in [0.2, 0.25) is 0 Å². The molecule has 7 heteroatoms. The van der Waals surface area contributed by atoms with Crippen LogP contribution < -0.4 is 15.4 Å². The van der Waals surface area contributed by atoms with Crippen molar-refractivity contribution in [3.05, 3.63) is 45.4 Å². The van der Waals surface area contributed by atoms with E-state index in [-0.39, 0.29) is 11.5 Å². The van der Waals surface area contributed by atoms with Crippen LogP contribution in [0.5, 0.6) is 5.75 Å². The van der Waals surface area contributed by atoms with Crippen molar-refractivity contribution in [1.29, 1.82) is 0 Å². The Kier molecular flexibility index (Phi) is 7.72. The summed E-state index contributed by atoms with van der Waals surface area (Å²) in [6, 6.07) is 6.30. The molecule has 0 radical (unpaired) electrons. The third-order valence-electron chi connectivity index (χ3n) is 4.88. The molecule has 0 bridgehead atoms. The van der Waals surface area contributed by atoms with Gasteiger partial charge in [-0.05, 0) is 25.5 Å². The van der Waals surface area contributed by atoms with Crippen LogP contribution >= 0.6 is 11.3 Å². The smallest absolute Gasteiger partial charge is 0.191 e. The molecule has 0 spiro atoms. The third kappa shape index (κ3) is 6.44. The maximum Gasteiger partial charge on any atom is 0.191 e. The number of guanidine groups is 1. The first-order valence-electron chi connectivity index (χ1n) is 10.7. The Balaban J connectivity index is 1.66. The lowest BCUT2D eigenvalue weighted by molar-refractivity contribution is 0.140. The fourth-order valence-corrected chi connectivity index (χ4v) is 4.05. The molecule has 0 saturated carbocycles. The molecule has 1 aromatic carbocycles. The molecular formula is C23H34N4O2S. The predicted octanol–water partition coefficient (Wildman–Crippen LogP) is 4.17. The minimum absolute atomic E-state index is 0.0690. The lowest BCUT2D eigenvalue weighted by Crippen LogP contribution is -2.36. The zero-order valence-corrected chi connectivity index (χ0v) is 19.6. The van der Waals surface area contributed by atoms with Gasteiger partial charge >= 0.3 is 0 Å². The number of nitrogens with one attached hydrogen (secondary N) is 2. The van der Waals surface area contributed by atoms with Crippen molar-refractivity contribution in [2.75, 3.05) is 19.8 Å². The quantitative estimate of drug-likeness (QED) is 0.510. The van der Waals surface area contributed by atoms with E-state index in [4.69, 9.17) is 19.5 Å². The van der Waals surface area contributed by atoms with Gasteiger partial charge in [0.1, 0.15) is 16.9 Å². The monoisotopic (exact) mass is 430 g/mol. The van der Waals surface area contributed by atoms with Gasteiger partial charge in [-0.1, -0.05) is 32.9 Å². The molecule has 164 valence electrons. The van der Waals surface area contributed by atoms with Crippen molar-refractivity contribution in [2.45, 2.75) is 65.6 Å². The first kappa shape index (κ1) is 22.6. The third-order valence-corrected chi connectivity index (χ3v) is 5.73. The fraction of sp³-hybridized carbons (Fsp3) is 0.565. The molecule has 1 fully saturated rings. The normalized spacial score (nSPS) is 17.2. The lowest BCUT2D eigenvalue weighted by Gasteiger charge is -2.16. The second kappa shape index (κ2) is 10.3. The summed E-state index contributed by atoms with van der Waals surface area (Å²) < 4.78 is 11.6. The Hall–Kier alpha value is -2.12. The molecule has 6 nitrogen and oxygen atoms in total. The number of aliphatic imine (C=N–C) groups is 1. The van der Waals surface area contributed by atoms with Gasteiger partial charge in [-0.25, -0.2) is 9.98 Å². The zero-order chi connectivity index (χ0) is 21.6. The molecule has 30 heavy (non-hydrogen) atoms. The summed E-state index contributed by atoms with van der Waals surface area (Å²) in [6.45, 7) is 14.1. The van der Waals surface area contributed by atoms with Crippen molar-refractivity contribution in [2.24, 2.45) is 4.99 Å². The number of hydrogen-bond donors (Lipinski definition) is 2. The highest BCUT2D eigenvalue weighted by atomic mass is 32.1. The van der Waals surface area contributed by atoms with Crippen molar-refractivity contribution >= 4 is 17.3 Å². The second-order valence-electron chi connectivity index (χ2n) is 8.64. The molecule has 1 aromatic heterocycles. The maximum atomic E-state index is 6.20. The highest BCUT2D eigenvalue weighted by Crippen LogP contribution is 2.25. The minimum Gasteiger partial charge on any atom is -0.488 e. The van der Waals surface area contributed by atoms with Gasteiger partial charge in [0.05, 0.1) is 32.0 Å². The summed E-state index contributed by atoms with van der Waals surface area (Å²) in [5, 5.41) is 9.92. The average molecular weight is 431 g/mol. The molecule has 3 rings (SSSR count). The number of thiazole rings is 1. The molecule has 2 N–H and O–H groups in total. The average Bonchev–Trinajstić information content (AvgIpc) is 3.37. The van der Waals surface area contributed by atoms with Gasteiger partial charge in [0.15, 0.2) is 5.96 Å². The summed E-state index contributed by atoms with van der Waals surface area (Å²) in [4.78, 5) is 9.53. The summed E-state index contributed by atoms with van der Waals surface area (Å²) in [5.41, 5.74) is 3.46. The Morgan fingerprint density at radius 1 is 1.33 bits per heavy atom. The predicted molar refractivity (Wildman–Crippen MR) is 124 cm³/mol. The summed E-state index contributed by atoms with van der Waals surface area (Å²) in [5.74, 6) is 1.68. The first-order valence-corrected chi connectivity index (χ1v) is 11.5. The summed E-state index contributed by atoms with van der Waals surface area (Å²) in [7, 11) is 0. The van der Waals surface area contributed by atoms with Crippen LogP contribution in [0.2, 0.25) is 0 Å². The Morgan fingerprint density at radius 3 is 2.83 bits per heavy atom. The van der Waals surface area contributed by atoms with Gasteiger partial charge in [-0.3, -0.25) is 0 Å². The molecule has 0 amide bonds.